The lowest BCUT2D eigenvalue weighted by Crippen LogP contribution is -2.09. The van der Waals surface area contributed by atoms with Crippen molar-refractivity contribution in [2.75, 3.05) is 5.75 Å². The molecule has 0 saturated heterocycles. The van der Waals surface area contributed by atoms with Gasteiger partial charge in [-0.15, -0.1) is 0 Å². The van der Waals surface area contributed by atoms with Crippen LogP contribution in [0.25, 0.3) is 0 Å². The Morgan fingerprint density at radius 1 is 1.31 bits per heavy atom. The molecule has 0 saturated carbocycles. The standard InChI is InChI=1S/C11H16N2OS2/c12-10(14)6-2-1-5-9-15-16-11-7-3-4-8-13-11/h3-4,7-8H,1-2,5-6,9H2,(H2,12,14). The average molecular weight is 256 g/mol. The lowest BCUT2D eigenvalue weighted by Gasteiger charge is -2.00. The maximum Gasteiger partial charge on any atom is 0.217 e. The van der Waals surface area contributed by atoms with E-state index in [-0.39, 0.29) is 5.91 Å². The van der Waals surface area contributed by atoms with E-state index >= 15 is 0 Å². The van der Waals surface area contributed by atoms with Crippen LogP contribution < -0.4 is 5.73 Å². The van der Waals surface area contributed by atoms with Crippen LogP contribution in [0.2, 0.25) is 0 Å². The first-order valence-electron chi connectivity index (χ1n) is 5.28. The third kappa shape index (κ3) is 6.74. The largest absolute Gasteiger partial charge is 0.370 e. The highest BCUT2D eigenvalue weighted by atomic mass is 33.1. The Morgan fingerprint density at radius 2 is 2.19 bits per heavy atom. The summed E-state index contributed by atoms with van der Waals surface area (Å²) >= 11 is 0. The first kappa shape index (κ1) is 13.4. The third-order valence-electron chi connectivity index (χ3n) is 1.93. The number of nitrogens with zero attached hydrogens (tertiary/aromatic N) is 1. The number of hydrogen-bond donors (Lipinski definition) is 1. The van der Waals surface area contributed by atoms with Crippen molar-refractivity contribution in [3.63, 3.8) is 0 Å². The molecule has 0 spiro atoms. The van der Waals surface area contributed by atoms with Gasteiger partial charge in [0.2, 0.25) is 5.91 Å². The Kier molecular flexibility index (Phi) is 7.09. The first-order valence-corrected chi connectivity index (χ1v) is 7.60. The minimum absolute atomic E-state index is 0.199. The minimum atomic E-state index is -0.199. The van der Waals surface area contributed by atoms with E-state index in [0.29, 0.717) is 6.42 Å². The fourth-order valence-electron chi connectivity index (χ4n) is 1.14. The second-order valence-electron chi connectivity index (χ2n) is 3.35. The minimum Gasteiger partial charge on any atom is -0.370 e. The number of amides is 1. The van der Waals surface area contributed by atoms with Gasteiger partial charge in [-0.25, -0.2) is 4.98 Å². The van der Waals surface area contributed by atoms with Crippen LogP contribution in [0.4, 0.5) is 0 Å². The Morgan fingerprint density at radius 3 is 2.88 bits per heavy atom. The summed E-state index contributed by atoms with van der Waals surface area (Å²) in [4.78, 5) is 14.7. The highest BCUT2D eigenvalue weighted by molar-refractivity contribution is 8.76. The molecule has 0 fully saturated rings. The number of aromatic nitrogens is 1. The fraction of sp³-hybridized carbons (Fsp3) is 0.455. The number of pyridine rings is 1. The monoisotopic (exact) mass is 256 g/mol. The molecule has 88 valence electrons. The van der Waals surface area contributed by atoms with Crippen LogP contribution in [0.5, 0.6) is 0 Å². The number of carbonyl (C=O) groups excluding carboxylic acids is 1. The van der Waals surface area contributed by atoms with Crippen molar-refractivity contribution in [2.24, 2.45) is 5.73 Å². The Bertz CT molecular complexity index is 306. The maximum absolute atomic E-state index is 10.5. The van der Waals surface area contributed by atoms with E-state index in [0.717, 1.165) is 30.0 Å². The molecule has 1 rings (SSSR count). The van der Waals surface area contributed by atoms with Crippen LogP contribution in [0.15, 0.2) is 29.4 Å². The number of carbonyl (C=O) groups is 1. The quantitative estimate of drug-likeness (QED) is 0.574. The molecule has 1 heterocycles. The smallest absolute Gasteiger partial charge is 0.217 e. The summed E-state index contributed by atoms with van der Waals surface area (Å²) in [5.41, 5.74) is 5.05. The first-order chi connectivity index (χ1) is 7.79. The summed E-state index contributed by atoms with van der Waals surface area (Å²) < 4.78 is 0. The summed E-state index contributed by atoms with van der Waals surface area (Å²) in [6, 6.07) is 5.91. The van der Waals surface area contributed by atoms with Crippen molar-refractivity contribution in [3.05, 3.63) is 24.4 Å². The van der Waals surface area contributed by atoms with Gasteiger partial charge in [0.25, 0.3) is 0 Å². The number of hydrogen-bond acceptors (Lipinski definition) is 4. The van der Waals surface area contributed by atoms with Gasteiger partial charge in [-0.3, -0.25) is 4.79 Å². The van der Waals surface area contributed by atoms with Crippen LogP contribution in [-0.2, 0) is 4.79 Å². The average Bonchev–Trinajstić information content (AvgIpc) is 2.29. The van der Waals surface area contributed by atoms with E-state index in [1.54, 1.807) is 27.8 Å². The summed E-state index contributed by atoms with van der Waals surface area (Å²) in [5.74, 6) is 0.885. The Labute approximate surface area is 104 Å². The van der Waals surface area contributed by atoms with E-state index in [2.05, 4.69) is 4.98 Å². The van der Waals surface area contributed by atoms with Crippen LogP contribution in [0.1, 0.15) is 25.7 Å². The molecular weight excluding hydrogens is 240 g/mol. The topological polar surface area (TPSA) is 56.0 Å². The molecule has 0 aliphatic carbocycles. The van der Waals surface area contributed by atoms with Gasteiger partial charge in [0, 0.05) is 18.4 Å². The van der Waals surface area contributed by atoms with Crippen LogP contribution in [0.3, 0.4) is 0 Å². The van der Waals surface area contributed by atoms with E-state index in [1.807, 2.05) is 18.2 Å². The van der Waals surface area contributed by atoms with Crippen molar-refractivity contribution < 1.29 is 4.79 Å². The fourth-order valence-corrected chi connectivity index (χ4v) is 3.16. The molecule has 0 aromatic carbocycles. The maximum atomic E-state index is 10.5. The van der Waals surface area contributed by atoms with Gasteiger partial charge < -0.3 is 5.73 Å². The SMILES string of the molecule is NC(=O)CCCCCSSc1ccccn1. The molecular formula is C11H16N2OS2. The highest BCUT2D eigenvalue weighted by Gasteiger charge is 1.97. The molecule has 2 N–H and O–H groups in total. The molecule has 0 radical (unpaired) electrons. The molecule has 0 aliphatic rings. The molecule has 0 bridgehead atoms. The number of primary amides is 1. The third-order valence-corrected chi connectivity index (χ3v) is 4.28. The van der Waals surface area contributed by atoms with Crippen LogP contribution >= 0.6 is 21.6 Å². The second-order valence-corrected chi connectivity index (χ2v) is 5.79. The van der Waals surface area contributed by atoms with Crippen molar-refractivity contribution in [3.8, 4) is 0 Å². The lowest BCUT2D eigenvalue weighted by molar-refractivity contribution is -0.118. The summed E-state index contributed by atoms with van der Waals surface area (Å²) in [6.07, 6.45) is 5.41. The molecule has 3 nitrogen and oxygen atoms in total. The summed E-state index contributed by atoms with van der Waals surface area (Å²) in [5, 5.41) is 1.05. The zero-order chi connectivity index (χ0) is 11.6. The van der Waals surface area contributed by atoms with Crippen molar-refractivity contribution >= 4 is 27.5 Å². The predicted octanol–water partition coefficient (Wildman–Crippen LogP) is 2.87. The Hall–Kier alpha value is -0.680. The van der Waals surface area contributed by atoms with Crippen LogP contribution in [0, 0.1) is 0 Å². The van der Waals surface area contributed by atoms with E-state index in [9.17, 15) is 4.79 Å². The Balaban J connectivity index is 1.94. The van der Waals surface area contributed by atoms with Gasteiger partial charge in [0.15, 0.2) is 0 Å². The molecule has 5 heteroatoms. The number of unbranched alkanes of at least 4 members (excludes halogenated alkanes) is 2. The molecule has 0 aliphatic heterocycles. The highest BCUT2D eigenvalue weighted by Crippen LogP contribution is 2.29. The second kappa shape index (κ2) is 8.47. The number of rotatable bonds is 8. The van der Waals surface area contributed by atoms with Gasteiger partial charge >= 0.3 is 0 Å². The lowest BCUT2D eigenvalue weighted by atomic mass is 10.2. The molecule has 1 aromatic heterocycles. The van der Waals surface area contributed by atoms with Gasteiger partial charge in [-0.1, -0.05) is 23.3 Å². The van der Waals surface area contributed by atoms with E-state index in [1.165, 1.54) is 0 Å². The van der Waals surface area contributed by atoms with Crippen molar-refractivity contribution in [2.45, 2.75) is 30.7 Å². The molecule has 16 heavy (non-hydrogen) atoms. The van der Waals surface area contributed by atoms with E-state index in [4.69, 9.17) is 5.73 Å². The zero-order valence-electron chi connectivity index (χ0n) is 9.09. The zero-order valence-corrected chi connectivity index (χ0v) is 10.7. The molecule has 0 atom stereocenters. The van der Waals surface area contributed by atoms with Gasteiger partial charge in [0.05, 0.1) is 0 Å². The number of nitrogens with two attached hydrogens (primary N) is 1. The predicted molar refractivity (Wildman–Crippen MR) is 70.2 cm³/mol. The van der Waals surface area contributed by atoms with E-state index < -0.39 is 0 Å². The van der Waals surface area contributed by atoms with Gasteiger partial charge in [0.1, 0.15) is 5.03 Å². The van der Waals surface area contributed by atoms with Gasteiger partial charge in [-0.05, 0) is 35.8 Å². The summed E-state index contributed by atoms with van der Waals surface area (Å²) in [7, 11) is 3.50. The van der Waals surface area contributed by atoms with Crippen molar-refractivity contribution in [1.29, 1.82) is 0 Å². The molecule has 1 amide bonds. The normalized spacial score (nSPS) is 10.2. The summed E-state index contributed by atoms with van der Waals surface area (Å²) in [6.45, 7) is 0. The van der Waals surface area contributed by atoms with Crippen molar-refractivity contribution in [1.82, 2.24) is 4.98 Å². The molecule has 1 aromatic rings. The molecule has 0 unspecified atom stereocenters. The van der Waals surface area contributed by atoms with Gasteiger partial charge in [-0.2, -0.15) is 0 Å². The van der Waals surface area contributed by atoms with Crippen LogP contribution in [-0.4, -0.2) is 16.6 Å².